The smallest absolute Gasteiger partial charge is 0.363 e. The SMILES string of the molecule is Cc1ccc(Sc2nc3ccc(C)cc3cc2/C=C2/N=C(c3ccccc3C)OC2=O)cc1. The molecule has 4 nitrogen and oxygen atoms in total. The van der Waals surface area contributed by atoms with Crippen molar-refractivity contribution in [3.05, 3.63) is 106 Å². The van der Waals surface area contributed by atoms with E-state index >= 15 is 0 Å². The second-order valence-corrected chi connectivity index (χ2v) is 9.21. The quantitative estimate of drug-likeness (QED) is 0.258. The van der Waals surface area contributed by atoms with Gasteiger partial charge in [0, 0.05) is 21.4 Å². The first-order valence-electron chi connectivity index (χ1n) is 10.7. The second kappa shape index (κ2) is 8.68. The number of pyridine rings is 1. The van der Waals surface area contributed by atoms with E-state index in [1.165, 1.54) is 5.56 Å². The maximum atomic E-state index is 12.7. The average molecular weight is 451 g/mol. The van der Waals surface area contributed by atoms with Crippen molar-refractivity contribution in [2.45, 2.75) is 30.7 Å². The van der Waals surface area contributed by atoms with Crippen LogP contribution in [0.25, 0.3) is 17.0 Å². The molecule has 1 aliphatic rings. The van der Waals surface area contributed by atoms with Crippen molar-refractivity contribution in [3.8, 4) is 0 Å². The molecule has 0 fully saturated rings. The fourth-order valence-corrected chi connectivity index (χ4v) is 4.56. The van der Waals surface area contributed by atoms with Crippen LogP contribution in [0.3, 0.4) is 0 Å². The lowest BCUT2D eigenvalue weighted by atomic mass is 10.1. The van der Waals surface area contributed by atoms with Gasteiger partial charge in [0.05, 0.1) is 5.52 Å². The number of carbonyl (C=O) groups is 1. The summed E-state index contributed by atoms with van der Waals surface area (Å²) in [5.41, 5.74) is 6.19. The minimum absolute atomic E-state index is 0.271. The van der Waals surface area contributed by atoms with E-state index in [2.05, 4.69) is 61.3 Å². The summed E-state index contributed by atoms with van der Waals surface area (Å²) in [5.74, 6) is -0.120. The van der Waals surface area contributed by atoms with Crippen LogP contribution in [0.4, 0.5) is 0 Å². The summed E-state index contributed by atoms with van der Waals surface area (Å²) in [6.45, 7) is 6.09. The molecule has 1 aromatic heterocycles. The zero-order chi connectivity index (χ0) is 22.9. The highest BCUT2D eigenvalue weighted by atomic mass is 32.2. The Labute approximate surface area is 197 Å². The molecule has 5 rings (SSSR count). The minimum Gasteiger partial charge on any atom is -0.402 e. The number of aliphatic imine (C=N–C) groups is 1. The summed E-state index contributed by atoms with van der Waals surface area (Å²) in [5, 5.41) is 1.83. The lowest BCUT2D eigenvalue weighted by molar-refractivity contribution is -0.129. The first-order chi connectivity index (χ1) is 16.0. The third-order valence-corrected chi connectivity index (χ3v) is 6.51. The van der Waals surface area contributed by atoms with Crippen LogP contribution >= 0.6 is 11.8 Å². The molecule has 0 amide bonds. The van der Waals surface area contributed by atoms with Crippen LogP contribution in [0.2, 0.25) is 0 Å². The number of aromatic nitrogens is 1. The maximum absolute atomic E-state index is 12.7. The number of aryl methyl sites for hydroxylation is 3. The van der Waals surface area contributed by atoms with Crippen molar-refractivity contribution < 1.29 is 9.53 Å². The van der Waals surface area contributed by atoms with E-state index < -0.39 is 5.97 Å². The summed E-state index contributed by atoms with van der Waals surface area (Å²) < 4.78 is 5.51. The predicted molar refractivity (Wildman–Crippen MR) is 134 cm³/mol. The fourth-order valence-electron chi connectivity index (χ4n) is 3.68. The van der Waals surface area contributed by atoms with Gasteiger partial charge in [-0.15, -0.1) is 0 Å². The molecule has 0 aliphatic carbocycles. The first kappa shape index (κ1) is 21.2. The Bertz CT molecular complexity index is 1450. The molecule has 4 aromatic rings. The van der Waals surface area contributed by atoms with Gasteiger partial charge in [-0.3, -0.25) is 0 Å². The molecular weight excluding hydrogens is 428 g/mol. The molecule has 33 heavy (non-hydrogen) atoms. The Morgan fingerprint density at radius 3 is 2.42 bits per heavy atom. The Morgan fingerprint density at radius 2 is 1.64 bits per heavy atom. The van der Waals surface area contributed by atoms with Crippen LogP contribution in [0, 0.1) is 20.8 Å². The number of fused-ring (bicyclic) bond motifs is 1. The highest BCUT2D eigenvalue weighted by Crippen LogP contribution is 2.33. The van der Waals surface area contributed by atoms with Crippen molar-refractivity contribution in [1.29, 1.82) is 0 Å². The molecule has 0 unspecified atom stereocenters. The van der Waals surface area contributed by atoms with Gasteiger partial charge in [0.2, 0.25) is 5.90 Å². The summed E-state index contributed by atoms with van der Waals surface area (Å²) >= 11 is 1.57. The topological polar surface area (TPSA) is 51.6 Å². The van der Waals surface area contributed by atoms with E-state index in [1.807, 2.05) is 37.3 Å². The zero-order valence-corrected chi connectivity index (χ0v) is 19.4. The lowest BCUT2D eigenvalue weighted by Gasteiger charge is -2.09. The van der Waals surface area contributed by atoms with Crippen LogP contribution in [0.15, 0.2) is 93.4 Å². The van der Waals surface area contributed by atoms with E-state index in [1.54, 1.807) is 17.8 Å². The normalized spacial score (nSPS) is 14.6. The molecule has 0 spiro atoms. The average Bonchev–Trinajstić information content (AvgIpc) is 3.16. The molecule has 0 N–H and O–H groups in total. The Morgan fingerprint density at radius 1 is 0.879 bits per heavy atom. The molecule has 1 aliphatic heterocycles. The van der Waals surface area contributed by atoms with Crippen LogP contribution in [-0.2, 0) is 9.53 Å². The van der Waals surface area contributed by atoms with E-state index in [4.69, 9.17) is 9.72 Å². The number of carbonyl (C=O) groups excluding carboxylic acids is 1. The summed E-state index contributed by atoms with van der Waals surface area (Å²) in [4.78, 5) is 23.2. The molecule has 0 saturated heterocycles. The maximum Gasteiger partial charge on any atom is 0.363 e. The summed E-state index contributed by atoms with van der Waals surface area (Å²) in [7, 11) is 0. The van der Waals surface area contributed by atoms with Crippen molar-refractivity contribution in [2.75, 3.05) is 0 Å². The molecule has 162 valence electrons. The van der Waals surface area contributed by atoms with E-state index in [9.17, 15) is 4.79 Å². The standard InChI is InChI=1S/C28H22N2O2S/c1-17-8-11-22(12-9-17)33-27-21(15-20-14-18(2)10-13-24(20)30-27)16-25-28(31)32-26(29-25)23-7-5-4-6-19(23)3/h4-16H,1-3H3/b25-16+. The number of nitrogens with zero attached hydrogens (tertiary/aromatic N) is 2. The van der Waals surface area contributed by atoms with Crippen molar-refractivity contribution >= 4 is 40.6 Å². The van der Waals surface area contributed by atoms with Crippen LogP contribution < -0.4 is 0 Å². The summed E-state index contributed by atoms with van der Waals surface area (Å²) in [6.07, 6.45) is 1.78. The number of rotatable bonds is 4. The Balaban J connectivity index is 1.61. The minimum atomic E-state index is -0.455. The summed E-state index contributed by atoms with van der Waals surface area (Å²) in [6, 6.07) is 24.3. The van der Waals surface area contributed by atoms with Gasteiger partial charge >= 0.3 is 5.97 Å². The lowest BCUT2D eigenvalue weighted by Crippen LogP contribution is -2.06. The van der Waals surface area contributed by atoms with Gasteiger partial charge in [-0.25, -0.2) is 14.8 Å². The number of ether oxygens (including phenoxy) is 1. The van der Waals surface area contributed by atoms with Gasteiger partial charge in [0.25, 0.3) is 0 Å². The molecule has 0 atom stereocenters. The van der Waals surface area contributed by atoms with E-state index in [-0.39, 0.29) is 5.70 Å². The number of benzene rings is 3. The van der Waals surface area contributed by atoms with Gasteiger partial charge in [-0.2, -0.15) is 0 Å². The van der Waals surface area contributed by atoms with Gasteiger partial charge in [-0.1, -0.05) is 59.3 Å². The number of esters is 1. The Hall–Kier alpha value is -3.70. The van der Waals surface area contributed by atoms with Crippen molar-refractivity contribution in [3.63, 3.8) is 0 Å². The van der Waals surface area contributed by atoms with Crippen molar-refractivity contribution in [2.24, 2.45) is 4.99 Å². The first-order valence-corrected chi connectivity index (χ1v) is 11.5. The van der Waals surface area contributed by atoms with Gasteiger partial charge in [0.1, 0.15) is 5.03 Å². The highest BCUT2D eigenvalue weighted by molar-refractivity contribution is 7.99. The fraction of sp³-hybridized carbons (Fsp3) is 0.107. The molecular formula is C28H22N2O2S. The molecule has 2 heterocycles. The van der Waals surface area contributed by atoms with E-state index in [0.717, 1.165) is 43.1 Å². The number of hydrogen-bond acceptors (Lipinski definition) is 5. The third-order valence-electron chi connectivity index (χ3n) is 5.49. The van der Waals surface area contributed by atoms with Gasteiger partial charge in [0.15, 0.2) is 5.70 Å². The highest BCUT2D eigenvalue weighted by Gasteiger charge is 2.25. The van der Waals surface area contributed by atoms with Gasteiger partial charge < -0.3 is 4.74 Å². The molecule has 0 saturated carbocycles. The van der Waals surface area contributed by atoms with Gasteiger partial charge in [-0.05, 0) is 68.8 Å². The monoisotopic (exact) mass is 450 g/mol. The largest absolute Gasteiger partial charge is 0.402 e. The zero-order valence-electron chi connectivity index (χ0n) is 18.6. The third kappa shape index (κ3) is 4.45. The van der Waals surface area contributed by atoms with Crippen LogP contribution in [0.5, 0.6) is 0 Å². The number of cyclic esters (lactones) is 1. The van der Waals surface area contributed by atoms with Crippen LogP contribution in [0.1, 0.15) is 27.8 Å². The Kier molecular flexibility index (Phi) is 5.56. The van der Waals surface area contributed by atoms with Crippen LogP contribution in [-0.4, -0.2) is 16.9 Å². The molecule has 0 radical (unpaired) electrons. The molecule has 5 heteroatoms. The van der Waals surface area contributed by atoms with Crippen molar-refractivity contribution in [1.82, 2.24) is 4.98 Å². The number of hydrogen-bond donors (Lipinski definition) is 0. The molecule has 3 aromatic carbocycles. The van der Waals surface area contributed by atoms with E-state index in [0.29, 0.717) is 5.90 Å². The second-order valence-electron chi connectivity index (χ2n) is 8.14. The predicted octanol–water partition coefficient (Wildman–Crippen LogP) is 6.66. The molecule has 0 bridgehead atoms.